The van der Waals surface area contributed by atoms with E-state index in [0.29, 0.717) is 12.2 Å². The van der Waals surface area contributed by atoms with E-state index in [0.717, 1.165) is 5.69 Å². The normalized spacial score (nSPS) is 12.7. The monoisotopic (exact) mass is 307 g/mol. The van der Waals surface area contributed by atoms with Crippen LogP contribution in [0.15, 0.2) is 59.5 Å². The lowest BCUT2D eigenvalue weighted by Crippen LogP contribution is -2.24. The van der Waals surface area contributed by atoms with Gasteiger partial charge in [0.25, 0.3) is 5.56 Å². The van der Waals surface area contributed by atoms with E-state index >= 15 is 0 Å². The van der Waals surface area contributed by atoms with Gasteiger partial charge in [0.2, 0.25) is 0 Å². The summed E-state index contributed by atoms with van der Waals surface area (Å²) in [7, 11) is 2.05. The van der Waals surface area contributed by atoms with Crippen LogP contribution in [0.5, 0.6) is 0 Å². The van der Waals surface area contributed by atoms with E-state index in [1.54, 1.807) is 16.7 Å². The van der Waals surface area contributed by atoms with Crippen LogP contribution in [0.1, 0.15) is 29.8 Å². The second-order valence-electron chi connectivity index (χ2n) is 6.02. The fourth-order valence-corrected chi connectivity index (χ4v) is 2.68. The standard InChI is InChI=1S/C19H21N3O/c1-14-7-9-16(10-8-14)15(2)21(3)13-17-12-19(23)22-11-5-4-6-18(22)20-17/h4-12,15H,13H2,1-3H3/t15-/m0/s1. The number of fused-ring (bicyclic) bond motifs is 1. The molecule has 1 atom stereocenters. The van der Waals surface area contributed by atoms with E-state index in [-0.39, 0.29) is 11.6 Å². The molecule has 0 saturated heterocycles. The highest BCUT2D eigenvalue weighted by Crippen LogP contribution is 2.20. The summed E-state index contributed by atoms with van der Waals surface area (Å²) in [5.74, 6) is 0. The molecule has 0 aliphatic heterocycles. The van der Waals surface area contributed by atoms with Crippen molar-refractivity contribution in [3.8, 4) is 0 Å². The summed E-state index contributed by atoms with van der Waals surface area (Å²) in [4.78, 5) is 19.0. The van der Waals surface area contributed by atoms with Crippen molar-refractivity contribution in [3.05, 3.63) is 81.9 Å². The van der Waals surface area contributed by atoms with E-state index < -0.39 is 0 Å². The molecule has 4 heteroatoms. The summed E-state index contributed by atoms with van der Waals surface area (Å²) in [6, 6.07) is 16.0. The lowest BCUT2D eigenvalue weighted by molar-refractivity contribution is 0.250. The summed E-state index contributed by atoms with van der Waals surface area (Å²) < 4.78 is 1.56. The third-order valence-corrected chi connectivity index (χ3v) is 4.26. The maximum Gasteiger partial charge on any atom is 0.258 e. The molecular formula is C19H21N3O. The van der Waals surface area contributed by atoms with Crippen molar-refractivity contribution in [2.45, 2.75) is 26.4 Å². The molecule has 0 saturated carbocycles. The molecule has 3 aromatic rings. The van der Waals surface area contributed by atoms with Gasteiger partial charge in [-0.2, -0.15) is 0 Å². The smallest absolute Gasteiger partial charge is 0.258 e. The van der Waals surface area contributed by atoms with Gasteiger partial charge in [-0.3, -0.25) is 14.1 Å². The molecule has 0 radical (unpaired) electrons. The van der Waals surface area contributed by atoms with Crippen LogP contribution in [0.2, 0.25) is 0 Å². The first-order valence-electron chi connectivity index (χ1n) is 7.79. The van der Waals surface area contributed by atoms with Crippen molar-refractivity contribution >= 4 is 5.65 Å². The molecule has 0 fully saturated rings. The van der Waals surface area contributed by atoms with Crippen molar-refractivity contribution in [3.63, 3.8) is 0 Å². The minimum absolute atomic E-state index is 0.0398. The molecule has 0 aliphatic carbocycles. The van der Waals surface area contributed by atoms with Crippen molar-refractivity contribution < 1.29 is 0 Å². The van der Waals surface area contributed by atoms with Crippen molar-refractivity contribution in [1.29, 1.82) is 0 Å². The van der Waals surface area contributed by atoms with Crippen LogP contribution in [0.4, 0.5) is 0 Å². The third kappa shape index (κ3) is 3.32. The van der Waals surface area contributed by atoms with E-state index in [9.17, 15) is 4.79 Å². The van der Waals surface area contributed by atoms with Gasteiger partial charge in [0, 0.05) is 24.8 Å². The van der Waals surface area contributed by atoms with Gasteiger partial charge in [0.15, 0.2) is 0 Å². The van der Waals surface area contributed by atoms with Gasteiger partial charge in [-0.15, -0.1) is 0 Å². The molecule has 0 N–H and O–H groups in total. The van der Waals surface area contributed by atoms with Crippen molar-refractivity contribution in [1.82, 2.24) is 14.3 Å². The first-order chi connectivity index (χ1) is 11.0. The number of nitrogens with zero attached hydrogens (tertiary/aromatic N) is 3. The topological polar surface area (TPSA) is 37.6 Å². The Balaban J connectivity index is 1.83. The minimum Gasteiger partial charge on any atom is -0.294 e. The SMILES string of the molecule is Cc1ccc([C@H](C)N(C)Cc2cc(=O)n3ccccc3n2)cc1. The molecule has 2 aromatic heterocycles. The lowest BCUT2D eigenvalue weighted by Gasteiger charge is -2.25. The number of aromatic nitrogens is 2. The van der Waals surface area contributed by atoms with E-state index in [1.165, 1.54) is 11.1 Å². The average Bonchev–Trinajstić information content (AvgIpc) is 2.55. The third-order valence-electron chi connectivity index (χ3n) is 4.26. The summed E-state index contributed by atoms with van der Waals surface area (Å²) in [6.45, 7) is 4.89. The number of rotatable bonds is 4. The molecule has 0 bridgehead atoms. The largest absolute Gasteiger partial charge is 0.294 e. The zero-order chi connectivity index (χ0) is 16.4. The Bertz CT molecular complexity index is 868. The highest BCUT2D eigenvalue weighted by molar-refractivity contribution is 5.38. The van der Waals surface area contributed by atoms with E-state index in [2.05, 4.69) is 55.0 Å². The highest BCUT2D eigenvalue weighted by Gasteiger charge is 2.13. The van der Waals surface area contributed by atoms with Gasteiger partial charge in [-0.25, -0.2) is 4.98 Å². The summed E-state index contributed by atoms with van der Waals surface area (Å²) in [5, 5.41) is 0. The molecule has 0 amide bonds. The molecule has 3 rings (SSSR count). The summed E-state index contributed by atoms with van der Waals surface area (Å²) in [5.41, 5.74) is 3.96. The van der Waals surface area contributed by atoms with Crippen molar-refractivity contribution in [2.75, 3.05) is 7.05 Å². The molecule has 4 nitrogen and oxygen atoms in total. The second-order valence-corrected chi connectivity index (χ2v) is 6.02. The maximum atomic E-state index is 12.2. The van der Waals surface area contributed by atoms with E-state index in [1.807, 2.05) is 18.2 Å². The first-order valence-corrected chi connectivity index (χ1v) is 7.79. The fraction of sp³-hybridized carbons (Fsp3) is 0.263. The van der Waals surface area contributed by atoms with Gasteiger partial charge in [0.05, 0.1) is 5.69 Å². The van der Waals surface area contributed by atoms with Crippen LogP contribution in [-0.2, 0) is 6.54 Å². The quantitative estimate of drug-likeness (QED) is 0.743. The molecule has 0 aliphatic rings. The lowest BCUT2D eigenvalue weighted by atomic mass is 10.1. The van der Waals surface area contributed by atoms with Crippen LogP contribution >= 0.6 is 0 Å². The minimum atomic E-state index is -0.0398. The van der Waals surface area contributed by atoms with Crippen LogP contribution in [0, 0.1) is 6.92 Å². The Morgan fingerprint density at radius 2 is 1.91 bits per heavy atom. The number of hydrogen-bond acceptors (Lipinski definition) is 3. The average molecular weight is 307 g/mol. The second kappa shape index (κ2) is 6.34. The Morgan fingerprint density at radius 1 is 1.17 bits per heavy atom. The Labute approximate surface area is 136 Å². The Hall–Kier alpha value is -2.46. The molecular weight excluding hydrogens is 286 g/mol. The molecule has 2 heterocycles. The molecule has 23 heavy (non-hydrogen) atoms. The highest BCUT2D eigenvalue weighted by atomic mass is 16.1. The van der Waals surface area contributed by atoms with E-state index in [4.69, 9.17) is 0 Å². The molecule has 0 unspecified atom stereocenters. The predicted octanol–water partition coefficient (Wildman–Crippen LogP) is 3.20. The Morgan fingerprint density at radius 3 is 2.65 bits per heavy atom. The molecule has 0 spiro atoms. The van der Waals surface area contributed by atoms with Crippen LogP contribution in [-0.4, -0.2) is 21.3 Å². The maximum absolute atomic E-state index is 12.2. The fourth-order valence-electron chi connectivity index (χ4n) is 2.68. The zero-order valence-electron chi connectivity index (χ0n) is 13.7. The first kappa shape index (κ1) is 15.4. The van der Waals surface area contributed by atoms with Gasteiger partial charge < -0.3 is 0 Å². The van der Waals surface area contributed by atoms with Gasteiger partial charge in [0.1, 0.15) is 5.65 Å². The van der Waals surface area contributed by atoms with Gasteiger partial charge in [-0.1, -0.05) is 35.9 Å². The molecule has 1 aromatic carbocycles. The van der Waals surface area contributed by atoms with Crippen molar-refractivity contribution in [2.24, 2.45) is 0 Å². The van der Waals surface area contributed by atoms with Crippen LogP contribution in [0.3, 0.4) is 0 Å². The summed E-state index contributed by atoms with van der Waals surface area (Å²) >= 11 is 0. The van der Waals surface area contributed by atoms with Crippen LogP contribution in [0.25, 0.3) is 5.65 Å². The Kier molecular flexibility index (Phi) is 4.26. The zero-order valence-corrected chi connectivity index (χ0v) is 13.7. The predicted molar refractivity (Wildman–Crippen MR) is 92.5 cm³/mol. The number of aryl methyl sites for hydroxylation is 1. The summed E-state index contributed by atoms with van der Waals surface area (Å²) in [6.07, 6.45) is 1.74. The van der Waals surface area contributed by atoms with Gasteiger partial charge in [-0.05, 0) is 38.6 Å². The number of hydrogen-bond donors (Lipinski definition) is 0. The number of benzene rings is 1. The van der Waals surface area contributed by atoms with Gasteiger partial charge >= 0.3 is 0 Å². The number of pyridine rings is 1. The molecule has 118 valence electrons. The van der Waals surface area contributed by atoms with Crippen LogP contribution < -0.4 is 5.56 Å².